The number of piperazine rings is 1. The zero-order chi connectivity index (χ0) is 18.1. The summed E-state index contributed by atoms with van der Waals surface area (Å²) < 4.78 is 0. The molecule has 4 rings (SSSR count). The highest BCUT2D eigenvalue weighted by atomic mass is 35.5. The van der Waals surface area contributed by atoms with Crippen LogP contribution in [0.15, 0.2) is 42.6 Å². The van der Waals surface area contributed by atoms with E-state index in [1.54, 1.807) is 23.2 Å². The minimum atomic E-state index is -0.575. The topological polar surface area (TPSA) is 59.9 Å². The van der Waals surface area contributed by atoms with E-state index < -0.39 is 6.10 Å². The second-order valence-electron chi connectivity index (χ2n) is 6.60. The van der Waals surface area contributed by atoms with Gasteiger partial charge >= 0.3 is 6.03 Å². The lowest BCUT2D eigenvalue weighted by Gasteiger charge is -2.40. The summed E-state index contributed by atoms with van der Waals surface area (Å²) in [6, 6.07) is 11.2. The fraction of sp³-hybridized carbons (Fsp3) is 0.368. The summed E-state index contributed by atoms with van der Waals surface area (Å²) in [5, 5.41) is 10.8. The van der Waals surface area contributed by atoms with E-state index in [1.807, 2.05) is 29.2 Å². The van der Waals surface area contributed by atoms with E-state index in [1.165, 1.54) is 0 Å². The number of pyridine rings is 1. The van der Waals surface area contributed by atoms with Gasteiger partial charge in [0.1, 0.15) is 5.82 Å². The van der Waals surface area contributed by atoms with Gasteiger partial charge in [-0.2, -0.15) is 0 Å². The molecular formula is C19H21ClN4O2. The number of fused-ring (bicyclic) bond motifs is 1. The van der Waals surface area contributed by atoms with Crippen LogP contribution in [-0.2, 0) is 0 Å². The highest BCUT2D eigenvalue weighted by Crippen LogP contribution is 2.36. The van der Waals surface area contributed by atoms with Crippen LogP contribution in [-0.4, -0.2) is 53.7 Å². The second-order valence-corrected chi connectivity index (χ2v) is 7.04. The highest BCUT2D eigenvalue weighted by Gasteiger charge is 2.32. The van der Waals surface area contributed by atoms with Crippen LogP contribution in [0.25, 0.3) is 0 Å². The molecule has 1 atom stereocenters. The number of benzene rings is 1. The average molecular weight is 373 g/mol. The first kappa shape index (κ1) is 17.1. The summed E-state index contributed by atoms with van der Waals surface area (Å²) in [5.41, 5.74) is 1.48. The van der Waals surface area contributed by atoms with Gasteiger partial charge < -0.3 is 14.9 Å². The van der Waals surface area contributed by atoms with Gasteiger partial charge in [0, 0.05) is 49.5 Å². The predicted molar refractivity (Wildman–Crippen MR) is 102 cm³/mol. The van der Waals surface area contributed by atoms with Gasteiger partial charge in [-0.25, -0.2) is 9.78 Å². The summed E-state index contributed by atoms with van der Waals surface area (Å²) in [6.07, 6.45) is 1.73. The number of hydrogen-bond donors (Lipinski definition) is 1. The van der Waals surface area contributed by atoms with E-state index in [2.05, 4.69) is 9.88 Å². The van der Waals surface area contributed by atoms with E-state index in [0.717, 1.165) is 30.2 Å². The monoisotopic (exact) mass is 372 g/mol. The largest absolute Gasteiger partial charge is 0.388 e. The molecular weight excluding hydrogens is 352 g/mol. The van der Waals surface area contributed by atoms with E-state index in [9.17, 15) is 9.90 Å². The number of aliphatic hydroxyl groups is 1. The quantitative estimate of drug-likeness (QED) is 0.836. The van der Waals surface area contributed by atoms with E-state index >= 15 is 0 Å². The van der Waals surface area contributed by atoms with Gasteiger partial charge in [-0.1, -0.05) is 17.7 Å². The molecule has 0 radical (unpaired) electrons. The zero-order valence-corrected chi connectivity index (χ0v) is 15.1. The van der Waals surface area contributed by atoms with Gasteiger partial charge in [0.2, 0.25) is 0 Å². The van der Waals surface area contributed by atoms with Crippen molar-refractivity contribution in [2.45, 2.75) is 12.5 Å². The molecule has 1 N–H and O–H groups in total. The van der Waals surface area contributed by atoms with Crippen molar-refractivity contribution in [3.8, 4) is 0 Å². The number of nitrogens with zero attached hydrogens (tertiary/aromatic N) is 4. The summed E-state index contributed by atoms with van der Waals surface area (Å²) >= 11 is 6.06. The molecule has 7 heteroatoms. The number of carbonyl (C=O) groups excluding carboxylic acids is 1. The Bertz CT molecular complexity index is 793. The summed E-state index contributed by atoms with van der Waals surface area (Å²) in [6.45, 7) is 3.32. The molecule has 1 unspecified atom stereocenters. The predicted octanol–water partition coefficient (Wildman–Crippen LogP) is 2.92. The number of aliphatic hydroxyl groups excluding tert-OH is 1. The molecule has 1 saturated heterocycles. The fourth-order valence-corrected chi connectivity index (χ4v) is 3.78. The van der Waals surface area contributed by atoms with Crippen LogP contribution >= 0.6 is 11.6 Å². The lowest BCUT2D eigenvalue weighted by molar-refractivity contribution is 0.160. The first-order valence-corrected chi connectivity index (χ1v) is 9.21. The number of halogens is 1. The van der Waals surface area contributed by atoms with Gasteiger partial charge in [0.15, 0.2) is 0 Å². The molecule has 3 heterocycles. The molecule has 2 aromatic rings. The number of rotatable bonds is 1. The van der Waals surface area contributed by atoms with Crippen LogP contribution in [0.4, 0.5) is 16.3 Å². The molecule has 0 bridgehead atoms. The first-order chi connectivity index (χ1) is 12.6. The molecule has 6 nitrogen and oxygen atoms in total. The summed E-state index contributed by atoms with van der Waals surface area (Å²) in [7, 11) is 0. The van der Waals surface area contributed by atoms with Crippen molar-refractivity contribution in [3.63, 3.8) is 0 Å². The molecule has 136 valence electrons. The standard InChI is InChI=1S/C19H21ClN4O2/c20-14-4-5-16-15(13-14)17(25)6-8-24(16)19(26)23-11-9-22(10-12-23)18-3-1-2-7-21-18/h1-5,7,13,17,25H,6,8-12H2. The van der Waals surface area contributed by atoms with Crippen LogP contribution in [0.5, 0.6) is 0 Å². The lowest BCUT2D eigenvalue weighted by Crippen LogP contribution is -2.54. The molecule has 0 aliphatic carbocycles. The Morgan fingerprint density at radius 2 is 1.92 bits per heavy atom. The van der Waals surface area contributed by atoms with Gasteiger partial charge in [0.25, 0.3) is 0 Å². The minimum Gasteiger partial charge on any atom is -0.388 e. The van der Waals surface area contributed by atoms with E-state index in [4.69, 9.17) is 11.6 Å². The Morgan fingerprint density at radius 3 is 2.65 bits per heavy atom. The molecule has 2 aliphatic heterocycles. The minimum absolute atomic E-state index is 0.0128. The van der Waals surface area contributed by atoms with Gasteiger partial charge in [-0.05, 0) is 36.8 Å². The van der Waals surface area contributed by atoms with Crippen LogP contribution in [0, 0.1) is 0 Å². The van der Waals surface area contributed by atoms with Gasteiger partial charge in [-0.15, -0.1) is 0 Å². The maximum Gasteiger partial charge on any atom is 0.324 e. The molecule has 0 spiro atoms. The van der Waals surface area contributed by atoms with Gasteiger partial charge in [-0.3, -0.25) is 4.90 Å². The van der Waals surface area contributed by atoms with Crippen molar-refractivity contribution in [1.82, 2.24) is 9.88 Å². The first-order valence-electron chi connectivity index (χ1n) is 8.83. The number of amides is 2. The number of urea groups is 1. The lowest BCUT2D eigenvalue weighted by atomic mass is 9.99. The third-order valence-corrected chi connectivity index (χ3v) is 5.25. The number of anilines is 2. The molecule has 26 heavy (non-hydrogen) atoms. The van der Waals surface area contributed by atoms with Gasteiger partial charge in [0.05, 0.1) is 11.8 Å². The molecule has 1 fully saturated rings. The molecule has 0 saturated carbocycles. The Labute approximate surface area is 157 Å². The third-order valence-electron chi connectivity index (χ3n) is 5.02. The molecule has 1 aromatic heterocycles. The Balaban J connectivity index is 1.47. The average Bonchev–Trinajstić information content (AvgIpc) is 2.69. The smallest absolute Gasteiger partial charge is 0.324 e. The van der Waals surface area contributed by atoms with Crippen LogP contribution in [0.1, 0.15) is 18.1 Å². The van der Waals surface area contributed by atoms with Crippen molar-refractivity contribution >= 4 is 29.1 Å². The van der Waals surface area contributed by atoms with E-state index in [0.29, 0.717) is 31.1 Å². The van der Waals surface area contributed by atoms with Crippen molar-refractivity contribution < 1.29 is 9.90 Å². The third kappa shape index (κ3) is 3.22. The normalized spacial score (nSPS) is 20.1. The van der Waals surface area contributed by atoms with E-state index in [-0.39, 0.29) is 6.03 Å². The van der Waals surface area contributed by atoms with Crippen molar-refractivity contribution in [2.75, 3.05) is 42.5 Å². The van der Waals surface area contributed by atoms with Crippen molar-refractivity contribution in [2.24, 2.45) is 0 Å². The maximum absolute atomic E-state index is 13.1. The Kier molecular flexibility index (Phi) is 4.70. The number of carbonyl (C=O) groups is 1. The van der Waals surface area contributed by atoms with Crippen LogP contribution in [0.3, 0.4) is 0 Å². The summed E-state index contributed by atoms with van der Waals surface area (Å²) in [5.74, 6) is 0.945. The Morgan fingerprint density at radius 1 is 1.12 bits per heavy atom. The van der Waals surface area contributed by atoms with Crippen molar-refractivity contribution in [3.05, 3.63) is 53.2 Å². The van der Waals surface area contributed by atoms with Crippen molar-refractivity contribution in [1.29, 1.82) is 0 Å². The highest BCUT2D eigenvalue weighted by molar-refractivity contribution is 6.30. The SMILES string of the molecule is O=C(N1CCN(c2ccccn2)CC1)N1CCC(O)c2cc(Cl)ccc21. The van der Waals surface area contributed by atoms with Crippen LogP contribution in [0.2, 0.25) is 5.02 Å². The summed E-state index contributed by atoms with van der Waals surface area (Å²) in [4.78, 5) is 23.3. The number of aromatic nitrogens is 1. The fourth-order valence-electron chi connectivity index (χ4n) is 3.60. The molecule has 2 aliphatic rings. The molecule has 2 amide bonds. The molecule has 1 aromatic carbocycles. The number of hydrogen-bond acceptors (Lipinski definition) is 4. The zero-order valence-electron chi connectivity index (χ0n) is 14.4. The maximum atomic E-state index is 13.1. The Hall–Kier alpha value is -2.31. The second kappa shape index (κ2) is 7.13. The van der Waals surface area contributed by atoms with Crippen LogP contribution < -0.4 is 9.80 Å².